The van der Waals surface area contributed by atoms with Crippen molar-refractivity contribution in [3.8, 4) is 0 Å². The van der Waals surface area contributed by atoms with Gasteiger partial charge in [0, 0.05) is 31.4 Å². The smallest absolute Gasteiger partial charge is 0.320 e. The second-order valence-electron chi connectivity index (χ2n) is 5.85. The monoisotopic (exact) mass is 330 g/mol. The van der Waals surface area contributed by atoms with E-state index in [0.29, 0.717) is 32.5 Å². The summed E-state index contributed by atoms with van der Waals surface area (Å²) in [7, 11) is -3.76. The number of aliphatic carboxylic acids is 1. The van der Waals surface area contributed by atoms with Crippen molar-refractivity contribution in [2.75, 3.05) is 25.8 Å². The van der Waals surface area contributed by atoms with Gasteiger partial charge in [-0.2, -0.15) is 0 Å². The van der Waals surface area contributed by atoms with Gasteiger partial charge in [-0.25, -0.2) is 0 Å². The SMILES string of the molecule is NCCCCC1(C(=O)O)CN(Cc2ccoc2)CCP1(=O)O. The van der Waals surface area contributed by atoms with E-state index in [9.17, 15) is 19.4 Å². The molecule has 8 heteroatoms. The van der Waals surface area contributed by atoms with Crippen molar-refractivity contribution in [3.63, 3.8) is 0 Å². The first kappa shape index (κ1) is 17.2. The Balaban J connectivity index is 2.18. The van der Waals surface area contributed by atoms with E-state index in [1.807, 2.05) is 11.0 Å². The second-order valence-corrected chi connectivity index (χ2v) is 8.56. The number of hydrogen-bond acceptors (Lipinski definition) is 5. The number of nitrogens with two attached hydrogens (primary N) is 1. The summed E-state index contributed by atoms with van der Waals surface area (Å²) in [5.41, 5.74) is 6.38. The molecule has 0 amide bonds. The molecule has 0 aromatic carbocycles. The Labute approximate surface area is 129 Å². The van der Waals surface area contributed by atoms with Crippen molar-refractivity contribution in [2.45, 2.75) is 31.0 Å². The van der Waals surface area contributed by atoms with Crippen molar-refractivity contribution < 1.29 is 23.8 Å². The molecule has 0 bridgehead atoms. The minimum atomic E-state index is -3.76. The number of carboxylic acids is 1. The predicted octanol–water partition coefficient (Wildman–Crippen LogP) is 1.32. The summed E-state index contributed by atoms with van der Waals surface area (Å²) in [4.78, 5) is 24.0. The first-order chi connectivity index (χ1) is 10.4. The third-order valence-electron chi connectivity index (χ3n) is 4.30. The van der Waals surface area contributed by atoms with Gasteiger partial charge in [-0.15, -0.1) is 0 Å². The summed E-state index contributed by atoms with van der Waals surface area (Å²) in [6.45, 7) is 1.45. The van der Waals surface area contributed by atoms with Crippen LogP contribution in [0, 0.1) is 0 Å². The van der Waals surface area contributed by atoms with E-state index >= 15 is 0 Å². The summed E-state index contributed by atoms with van der Waals surface area (Å²) < 4.78 is 17.6. The molecule has 0 aliphatic carbocycles. The first-order valence-electron chi connectivity index (χ1n) is 7.40. The van der Waals surface area contributed by atoms with Crippen molar-refractivity contribution >= 4 is 13.3 Å². The van der Waals surface area contributed by atoms with Gasteiger partial charge in [0.15, 0.2) is 5.16 Å². The molecule has 2 unspecified atom stereocenters. The van der Waals surface area contributed by atoms with Gasteiger partial charge in [0.05, 0.1) is 12.5 Å². The molecular weight excluding hydrogens is 307 g/mol. The van der Waals surface area contributed by atoms with Crippen molar-refractivity contribution in [1.82, 2.24) is 4.90 Å². The molecule has 0 radical (unpaired) electrons. The van der Waals surface area contributed by atoms with Crippen LogP contribution in [0.15, 0.2) is 23.0 Å². The van der Waals surface area contributed by atoms with Crippen molar-refractivity contribution in [2.24, 2.45) is 5.73 Å². The fourth-order valence-electron chi connectivity index (χ4n) is 2.97. The van der Waals surface area contributed by atoms with Crippen molar-refractivity contribution in [1.29, 1.82) is 0 Å². The van der Waals surface area contributed by atoms with Crippen LogP contribution in [0.5, 0.6) is 0 Å². The minimum absolute atomic E-state index is 0.000222. The Morgan fingerprint density at radius 3 is 2.86 bits per heavy atom. The van der Waals surface area contributed by atoms with E-state index in [4.69, 9.17) is 10.2 Å². The van der Waals surface area contributed by atoms with Crippen LogP contribution in [0.1, 0.15) is 24.8 Å². The predicted molar refractivity (Wildman–Crippen MR) is 81.9 cm³/mol. The van der Waals surface area contributed by atoms with E-state index in [2.05, 4.69) is 0 Å². The Morgan fingerprint density at radius 2 is 2.27 bits per heavy atom. The van der Waals surface area contributed by atoms with Crippen LogP contribution >= 0.6 is 7.37 Å². The van der Waals surface area contributed by atoms with E-state index < -0.39 is 18.5 Å². The molecule has 1 fully saturated rings. The molecule has 1 saturated heterocycles. The standard InChI is InChI=1S/C14H23N2O5P/c15-5-2-1-4-14(13(17)18)11-16(6-8-22(14,19)20)9-12-3-7-21-10-12/h3,7,10H,1-2,4-6,8-9,11,15H2,(H,17,18)(H,19,20). The van der Waals surface area contributed by atoms with Gasteiger partial charge in [-0.3, -0.25) is 14.3 Å². The molecule has 1 aliphatic heterocycles. The average Bonchev–Trinajstić information content (AvgIpc) is 2.95. The maximum Gasteiger partial charge on any atom is 0.320 e. The molecule has 0 spiro atoms. The zero-order valence-electron chi connectivity index (χ0n) is 12.5. The Bertz CT molecular complexity index is 547. The van der Waals surface area contributed by atoms with Gasteiger partial charge < -0.3 is 20.2 Å². The number of carboxylic acid groups (broad SMARTS) is 1. The van der Waals surface area contributed by atoms with Gasteiger partial charge in [-0.1, -0.05) is 6.42 Å². The third-order valence-corrected chi connectivity index (χ3v) is 7.00. The van der Waals surface area contributed by atoms with Crippen LogP contribution in [0.25, 0.3) is 0 Å². The molecule has 7 nitrogen and oxygen atoms in total. The topological polar surface area (TPSA) is 117 Å². The molecule has 1 aromatic rings. The van der Waals surface area contributed by atoms with Gasteiger partial charge >= 0.3 is 5.97 Å². The van der Waals surface area contributed by atoms with Crippen molar-refractivity contribution in [3.05, 3.63) is 24.2 Å². The molecular formula is C14H23N2O5P. The Morgan fingerprint density at radius 1 is 1.50 bits per heavy atom. The van der Waals surface area contributed by atoms with E-state index in [0.717, 1.165) is 5.56 Å². The zero-order valence-corrected chi connectivity index (χ0v) is 13.4. The summed E-state index contributed by atoms with van der Waals surface area (Å²) in [5.74, 6) is -1.19. The third kappa shape index (κ3) is 3.43. The summed E-state index contributed by atoms with van der Waals surface area (Å²) in [6.07, 6.45) is 4.52. The molecule has 124 valence electrons. The fraction of sp³-hybridized carbons (Fsp3) is 0.643. The maximum atomic E-state index is 12.6. The van der Waals surface area contributed by atoms with Crippen LogP contribution in [0.3, 0.4) is 0 Å². The molecule has 2 atom stereocenters. The second kappa shape index (κ2) is 6.96. The highest BCUT2D eigenvalue weighted by Gasteiger charge is 2.56. The lowest BCUT2D eigenvalue weighted by atomic mass is 9.99. The summed E-state index contributed by atoms with van der Waals surface area (Å²) >= 11 is 0. The van der Waals surface area contributed by atoms with Gasteiger partial charge in [0.25, 0.3) is 0 Å². The molecule has 1 aromatic heterocycles. The highest BCUT2D eigenvalue weighted by atomic mass is 31.2. The molecule has 1 aliphatic rings. The maximum absolute atomic E-state index is 12.6. The first-order valence-corrected chi connectivity index (χ1v) is 9.24. The van der Waals surface area contributed by atoms with Crippen LogP contribution < -0.4 is 5.73 Å². The lowest BCUT2D eigenvalue weighted by Gasteiger charge is -2.42. The molecule has 2 rings (SSSR count). The number of nitrogens with zero attached hydrogens (tertiary/aromatic N) is 1. The largest absolute Gasteiger partial charge is 0.480 e. The molecule has 22 heavy (non-hydrogen) atoms. The zero-order chi connectivity index (χ0) is 16.2. The van der Waals surface area contributed by atoms with Crippen LogP contribution in [0.2, 0.25) is 0 Å². The number of hydrogen-bond donors (Lipinski definition) is 3. The Hall–Kier alpha value is -1.14. The highest BCUT2D eigenvalue weighted by molar-refractivity contribution is 7.61. The highest BCUT2D eigenvalue weighted by Crippen LogP contribution is 2.59. The van der Waals surface area contributed by atoms with E-state index in [-0.39, 0.29) is 19.1 Å². The Kier molecular flexibility index (Phi) is 5.45. The molecule has 0 saturated carbocycles. The van der Waals surface area contributed by atoms with E-state index in [1.54, 1.807) is 12.5 Å². The quantitative estimate of drug-likeness (QED) is 0.510. The fourth-order valence-corrected chi connectivity index (χ4v) is 5.18. The minimum Gasteiger partial charge on any atom is -0.480 e. The lowest BCUT2D eigenvalue weighted by Crippen LogP contribution is -2.53. The van der Waals surface area contributed by atoms with Crippen LogP contribution in [0.4, 0.5) is 0 Å². The van der Waals surface area contributed by atoms with Gasteiger partial charge in [0.1, 0.15) is 0 Å². The number of carbonyl (C=O) groups is 1. The number of furan rings is 1. The van der Waals surface area contributed by atoms with Gasteiger partial charge in [-0.05, 0) is 25.5 Å². The number of unbranched alkanes of at least 4 members (excludes halogenated alkanes) is 1. The van der Waals surface area contributed by atoms with Gasteiger partial charge in [0.2, 0.25) is 7.37 Å². The normalized spacial score (nSPS) is 29.5. The average molecular weight is 330 g/mol. The van der Waals surface area contributed by atoms with Crippen LogP contribution in [-0.4, -0.2) is 51.8 Å². The number of rotatable bonds is 7. The van der Waals surface area contributed by atoms with Crippen LogP contribution in [-0.2, 0) is 15.9 Å². The van der Waals surface area contributed by atoms with E-state index in [1.165, 1.54) is 0 Å². The lowest BCUT2D eigenvalue weighted by molar-refractivity contribution is -0.141. The summed E-state index contributed by atoms with van der Waals surface area (Å²) in [5, 5.41) is 8.07. The molecule has 2 heterocycles. The molecule has 4 N–H and O–H groups in total. The summed E-state index contributed by atoms with van der Waals surface area (Å²) in [6, 6.07) is 1.81.